The van der Waals surface area contributed by atoms with Crippen molar-refractivity contribution in [2.75, 3.05) is 20.3 Å². The molecule has 0 atom stereocenters. The summed E-state index contributed by atoms with van der Waals surface area (Å²) in [6, 6.07) is 7.98. The molecule has 0 amide bonds. The second-order valence-electron chi connectivity index (χ2n) is 7.53. The van der Waals surface area contributed by atoms with E-state index in [0.717, 1.165) is 71.0 Å². The Morgan fingerprint density at radius 1 is 1.30 bits per heavy atom. The first-order valence-electron chi connectivity index (χ1n) is 10.4. The van der Waals surface area contributed by atoms with Gasteiger partial charge in [0.05, 0.1) is 15.8 Å². The number of fused-ring (bicyclic) bond motifs is 2. The number of hydrogen-bond acceptors (Lipinski definition) is 7. The van der Waals surface area contributed by atoms with Gasteiger partial charge in [-0.3, -0.25) is 4.79 Å². The summed E-state index contributed by atoms with van der Waals surface area (Å²) >= 11 is 3.38. The molecule has 0 unspecified atom stereocenters. The fourth-order valence-electron chi connectivity index (χ4n) is 3.92. The van der Waals surface area contributed by atoms with Gasteiger partial charge in [-0.2, -0.15) is 5.26 Å². The highest BCUT2D eigenvalue weighted by molar-refractivity contribution is 7.22. The van der Waals surface area contributed by atoms with Gasteiger partial charge in [0, 0.05) is 48.4 Å². The van der Waals surface area contributed by atoms with E-state index in [1.807, 2.05) is 18.2 Å². The molecule has 7 heteroatoms. The van der Waals surface area contributed by atoms with Crippen LogP contribution in [0.3, 0.4) is 0 Å². The molecule has 156 valence electrons. The summed E-state index contributed by atoms with van der Waals surface area (Å²) in [5.41, 5.74) is 3.85. The number of methoxy groups -OCH3 is 1. The van der Waals surface area contributed by atoms with Crippen molar-refractivity contribution in [3.8, 4) is 16.6 Å². The maximum absolute atomic E-state index is 12.7. The maximum atomic E-state index is 12.7. The van der Waals surface area contributed by atoms with Crippen molar-refractivity contribution in [1.29, 1.82) is 5.26 Å². The third-order valence-corrected chi connectivity index (χ3v) is 7.69. The van der Waals surface area contributed by atoms with E-state index in [0.29, 0.717) is 24.2 Å². The third kappa shape index (κ3) is 4.47. The number of ether oxygens (including phenoxy) is 1. The van der Waals surface area contributed by atoms with Gasteiger partial charge in [-0.1, -0.05) is 12.5 Å². The minimum atomic E-state index is 0.291. The molecule has 1 aliphatic rings. The smallest absolute Gasteiger partial charge is 0.138 e. The molecule has 3 aromatic rings. The molecule has 0 radical (unpaired) electrons. The number of thiazole rings is 1. The van der Waals surface area contributed by atoms with Crippen molar-refractivity contribution in [3.05, 3.63) is 39.1 Å². The molecule has 1 aromatic carbocycles. The average Bonchev–Trinajstić information content (AvgIpc) is 3.33. The van der Waals surface area contributed by atoms with Crippen LogP contribution in [0.15, 0.2) is 18.2 Å². The first kappa shape index (κ1) is 21.1. The number of benzene rings is 1. The van der Waals surface area contributed by atoms with Crippen LogP contribution in [0, 0.1) is 11.3 Å². The van der Waals surface area contributed by atoms with Crippen molar-refractivity contribution in [3.63, 3.8) is 0 Å². The lowest BCUT2D eigenvalue weighted by Crippen LogP contribution is -2.22. The average molecular weight is 440 g/mol. The molecule has 2 aromatic heterocycles. The summed E-state index contributed by atoms with van der Waals surface area (Å²) in [4.78, 5) is 20.0. The van der Waals surface area contributed by atoms with Crippen molar-refractivity contribution < 1.29 is 9.53 Å². The minimum Gasteiger partial charge on any atom is -0.385 e. The number of para-hydroxylation sites is 1. The SMILES string of the molecule is COCCCCCC(=O)Cc1sc2c(c1-c1nc3c(C#N)cccc3s1)CCNC2. The molecule has 0 saturated carbocycles. The Bertz CT molecular complexity index is 1090. The molecule has 0 saturated heterocycles. The van der Waals surface area contributed by atoms with E-state index in [2.05, 4.69) is 11.4 Å². The molecule has 30 heavy (non-hydrogen) atoms. The van der Waals surface area contributed by atoms with Crippen molar-refractivity contribution in [1.82, 2.24) is 10.3 Å². The molecule has 3 heterocycles. The van der Waals surface area contributed by atoms with E-state index >= 15 is 0 Å². The Balaban J connectivity index is 1.62. The summed E-state index contributed by atoms with van der Waals surface area (Å²) in [5, 5.41) is 13.8. The largest absolute Gasteiger partial charge is 0.385 e. The first-order chi connectivity index (χ1) is 14.7. The normalized spacial score (nSPS) is 13.3. The van der Waals surface area contributed by atoms with Crippen molar-refractivity contribution in [2.45, 2.75) is 45.1 Å². The van der Waals surface area contributed by atoms with Gasteiger partial charge < -0.3 is 10.1 Å². The number of ketones is 1. The van der Waals surface area contributed by atoms with E-state index in [-0.39, 0.29) is 0 Å². The van der Waals surface area contributed by atoms with Gasteiger partial charge in [0.2, 0.25) is 0 Å². The quantitative estimate of drug-likeness (QED) is 0.482. The van der Waals surface area contributed by atoms with Crippen LogP contribution in [-0.2, 0) is 28.9 Å². The van der Waals surface area contributed by atoms with Gasteiger partial charge in [0.25, 0.3) is 0 Å². The monoisotopic (exact) mass is 439 g/mol. The van der Waals surface area contributed by atoms with Crippen LogP contribution < -0.4 is 5.32 Å². The van der Waals surface area contributed by atoms with Crippen LogP contribution >= 0.6 is 22.7 Å². The van der Waals surface area contributed by atoms with Crippen LogP contribution in [0.25, 0.3) is 20.8 Å². The highest BCUT2D eigenvalue weighted by atomic mass is 32.1. The lowest BCUT2D eigenvalue weighted by Gasteiger charge is -2.13. The maximum Gasteiger partial charge on any atom is 0.138 e. The molecule has 0 bridgehead atoms. The molecule has 0 spiro atoms. The van der Waals surface area contributed by atoms with Crippen LogP contribution in [0.1, 0.15) is 46.6 Å². The predicted molar refractivity (Wildman–Crippen MR) is 122 cm³/mol. The molecular weight excluding hydrogens is 414 g/mol. The molecule has 0 aliphatic carbocycles. The van der Waals surface area contributed by atoms with Gasteiger partial charge in [-0.15, -0.1) is 22.7 Å². The predicted octanol–water partition coefficient (Wildman–Crippen LogP) is 4.86. The molecule has 4 rings (SSSR count). The number of carbonyl (C=O) groups excluding carboxylic acids is 1. The highest BCUT2D eigenvalue weighted by Crippen LogP contribution is 2.42. The van der Waals surface area contributed by atoms with Crippen LogP contribution in [0.4, 0.5) is 0 Å². The Morgan fingerprint density at radius 3 is 3.03 bits per heavy atom. The minimum absolute atomic E-state index is 0.291. The summed E-state index contributed by atoms with van der Waals surface area (Å²) in [5.74, 6) is 0.291. The van der Waals surface area contributed by atoms with Gasteiger partial charge in [-0.05, 0) is 43.5 Å². The standard InChI is InChI=1S/C23H25N3O2S2/c1-28-11-4-2-3-7-16(27)12-19-21(17-9-10-25-14-20(17)29-19)23-26-22-15(13-24)6-5-8-18(22)30-23/h5-6,8,25H,2-4,7,9-12,14H2,1H3. The molecule has 0 fully saturated rings. The second kappa shape index (κ2) is 9.80. The summed E-state index contributed by atoms with van der Waals surface area (Å²) in [6.45, 7) is 2.55. The number of Topliss-reactive ketones (excluding diaryl/α,β-unsaturated/α-hetero) is 1. The number of rotatable bonds is 9. The lowest BCUT2D eigenvalue weighted by molar-refractivity contribution is -0.118. The molecule has 1 aliphatic heterocycles. The fraction of sp³-hybridized carbons (Fsp3) is 0.435. The van der Waals surface area contributed by atoms with E-state index < -0.39 is 0 Å². The number of hydrogen-bond donors (Lipinski definition) is 1. The Hall–Kier alpha value is -2.11. The van der Waals surface area contributed by atoms with Crippen LogP contribution in [0.2, 0.25) is 0 Å². The molecule has 1 N–H and O–H groups in total. The Morgan fingerprint density at radius 2 is 2.20 bits per heavy atom. The summed E-state index contributed by atoms with van der Waals surface area (Å²) in [6.07, 6.45) is 4.97. The van der Waals surface area contributed by atoms with Gasteiger partial charge >= 0.3 is 0 Å². The molecular formula is C23H25N3O2S2. The van der Waals surface area contributed by atoms with Gasteiger partial charge in [0.15, 0.2) is 0 Å². The Labute approximate surface area is 184 Å². The second-order valence-corrected chi connectivity index (χ2v) is 9.75. The van der Waals surface area contributed by atoms with E-state index in [1.165, 1.54) is 10.4 Å². The first-order valence-corrected chi connectivity index (χ1v) is 12.0. The number of thiophene rings is 1. The van der Waals surface area contributed by atoms with E-state index in [9.17, 15) is 10.1 Å². The number of aromatic nitrogens is 1. The van der Waals surface area contributed by atoms with Crippen molar-refractivity contribution in [2.24, 2.45) is 0 Å². The van der Waals surface area contributed by atoms with Gasteiger partial charge in [-0.25, -0.2) is 4.98 Å². The zero-order chi connectivity index (χ0) is 20.9. The highest BCUT2D eigenvalue weighted by Gasteiger charge is 2.25. The Kier molecular flexibility index (Phi) is 6.90. The zero-order valence-corrected chi connectivity index (χ0v) is 18.8. The number of nitriles is 1. The fourth-order valence-corrected chi connectivity index (χ4v) is 6.43. The zero-order valence-electron chi connectivity index (χ0n) is 17.1. The van der Waals surface area contributed by atoms with Gasteiger partial charge in [0.1, 0.15) is 16.9 Å². The van der Waals surface area contributed by atoms with Crippen LogP contribution in [0.5, 0.6) is 0 Å². The van der Waals surface area contributed by atoms with Crippen LogP contribution in [-0.4, -0.2) is 31.0 Å². The third-order valence-electron chi connectivity index (χ3n) is 5.42. The lowest BCUT2D eigenvalue weighted by atomic mass is 10.00. The number of carbonyl (C=O) groups is 1. The van der Waals surface area contributed by atoms with E-state index in [4.69, 9.17) is 9.72 Å². The topological polar surface area (TPSA) is 75.0 Å². The number of nitrogens with zero attached hydrogens (tertiary/aromatic N) is 2. The van der Waals surface area contributed by atoms with E-state index in [1.54, 1.807) is 29.8 Å². The molecule has 5 nitrogen and oxygen atoms in total. The van der Waals surface area contributed by atoms with Crippen molar-refractivity contribution >= 4 is 38.7 Å². The number of unbranched alkanes of at least 4 members (excludes halogenated alkanes) is 2. The summed E-state index contributed by atoms with van der Waals surface area (Å²) in [7, 11) is 1.71. The number of nitrogens with one attached hydrogen (secondary N) is 1. The summed E-state index contributed by atoms with van der Waals surface area (Å²) < 4.78 is 6.10.